The molecular formula is C13H19NO2. The number of hydrogen-bond donors (Lipinski definition) is 0. The largest absolute Gasteiger partial charge is 0.376 e. The van der Waals surface area contributed by atoms with E-state index in [1.54, 1.807) is 0 Å². The Labute approximate surface area is 96.4 Å². The molecule has 16 heavy (non-hydrogen) atoms. The number of rotatable bonds is 3. The summed E-state index contributed by atoms with van der Waals surface area (Å²) in [7, 11) is 0. The van der Waals surface area contributed by atoms with Gasteiger partial charge in [-0.25, -0.2) is 0 Å². The van der Waals surface area contributed by atoms with Crippen LogP contribution in [0.5, 0.6) is 0 Å². The minimum Gasteiger partial charge on any atom is -0.376 e. The van der Waals surface area contributed by atoms with Crippen LogP contribution in [0.1, 0.15) is 47.6 Å². The van der Waals surface area contributed by atoms with Gasteiger partial charge < -0.3 is 9.30 Å². The number of carbonyl (C=O) groups is 1. The summed E-state index contributed by atoms with van der Waals surface area (Å²) in [6.45, 7) is 7.09. The van der Waals surface area contributed by atoms with E-state index < -0.39 is 0 Å². The lowest BCUT2D eigenvalue weighted by Gasteiger charge is -2.23. The summed E-state index contributed by atoms with van der Waals surface area (Å²) in [6, 6.07) is 2.27. The van der Waals surface area contributed by atoms with Gasteiger partial charge in [0.25, 0.3) is 0 Å². The first kappa shape index (κ1) is 11.4. The molecule has 0 spiro atoms. The summed E-state index contributed by atoms with van der Waals surface area (Å²) in [4.78, 5) is 10.9. The molecule has 0 aliphatic carbocycles. The molecule has 2 atom stereocenters. The Hall–Kier alpha value is -1.09. The van der Waals surface area contributed by atoms with Crippen LogP contribution in [-0.2, 0) is 4.74 Å². The topological polar surface area (TPSA) is 31.2 Å². The van der Waals surface area contributed by atoms with E-state index in [9.17, 15) is 4.79 Å². The van der Waals surface area contributed by atoms with Gasteiger partial charge in [0.2, 0.25) is 0 Å². The van der Waals surface area contributed by atoms with Crippen LogP contribution >= 0.6 is 0 Å². The molecule has 1 aromatic heterocycles. The first-order chi connectivity index (χ1) is 7.65. The highest BCUT2D eigenvalue weighted by Gasteiger charge is 2.25. The van der Waals surface area contributed by atoms with Crippen LogP contribution in [0.4, 0.5) is 0 Å². The highest BCUT2D eigenvalue weighted by molar-refractivity contribution is 5.77. The van der Waals surface area contributed by atoms with Crippen LogP contribution in [0.2, 0.25) is 0 Å². The molecule has 2 rings (SSSR count). The molecule has 2 heterocycles. The summed E-state index contributed by atoms with van der Waals surface area (Å²) in [6.07, 6.45) is 3.49. The van der Waals surface area contributed by atoms with Gasteiger partial charge in [-0.05, 0) is 39.7 Å². The maximum Gasteiger partial charge on any atom is 0.151 e. The molecule has 1 aromatic rings. The van der Waals surface area contributed by atoms with E-state index in [0.717, 1.165) is 42.7 Å². The summed E-state index contributed by atoms with van der Waals surface area (Å²) >= 11 is 0. The van der Waals surface area contributed by atoms with Crippen molar-refractivity contribution in [2.75, 3.05) is 6.61 Å². The van der Waals surface area contributed by atoms with Gasteiger partial charge in [0.05, 0.1) is 12.1 Å². The van der Waals surface area contributed by atoms with Crippen molar-refractivity contribution in [2.45, 2.75) is 45.8 Å². The first-order valence-corrected chi connectivity index (χ1v) is 5.90. The first-order valence-electron chi connectivity index (χ1n) is 5.90. The number of aldehydes is 1. The third-order valence-electron chi connectivity index (χ3n) is 3.56. The van der Waals surface area contributed by atoms with Gasteiger partial charge in [0.15, 0.2) is 6.29 Å². The fourth-order valence-electron chi connectivity index (χ4n) is 2.70. The van der Waals surface area contributed by atoms with Crippen LogP contribution in [0.3, 0.4) is 0 Å². The zero-order valence-electron chi connectivity index (χ0n) is 10.2. The summed E-state index contributed by atoms with van der Waals surface area (Å²) in [5.41, 5.74) is 2.99. The van der Waals surface area contributed by atoms with Crippen LogP contribution in [0.25, 0.3) is 0 Å². The third kappa shape index (κ3) is 1.80. The van der Waals surface area contributed by atoms with Crippen LogP contribution in [-0.4, -0.2) is 23.6 Å². The maximum atomic E-state index is 10.9. The smallest absolute Gasteiger partial charge is 0.151 e. The minimum atomic E-state index is 0.296. The molecular weight excluding hydrogens is 202 g/mol. The lowest BCUT2D eigenvalue weighted by Crippen LogP contribution is -2.22. The average Bonchev–Trinajstić information content (AvgIpc) is 2.86. The molecule has 0 radical (unpaired) electrons. The van der Waals surface area contributed by atoms with Gasteiger partial charge in [0.1, 0.15) is 0 Å². The van der Waals surface area contributed by atoms with E-state index in [4.69, 9.17) is 4.74 Å². The monoisotopic (exact) mass is 221 g/mol. The Balaban J connectivity index is 2.31. The van der Waals surface area contributed by atoms with Crippen molar-refractivity contribution < 1.29 is 9.53 Å². The predicted molar refractivity (Wildman–Crippen MR) is 63.0 cm³/mol. The molecule has 88 valence electrons. The zero-order chi connectivity index (χ0) is 11.7. The molecule has 0 bridgehead atoms. The van der Waals surface area contributed by atoms with Crippen LogP contribution < -0.4 is 0 Å². The number of nitrogens with zero attached hydrogens (tertiary/aromatic N) is 1. The normalized spacial score (nSPS) is 22.3. The number of carbonyl (C=O) groups excluding carboxylic acids is 1. The zero-order valence-corrected chi connectivity index (χ0v) is 10.2. The highest BCUT2D eigenvalue weighted by atomic mass is 16.5. The van der Waals surface area contributed by atoms with E-state index in [0.29, 0.717) is 12.1 Å². The molecule has 1 aliphatic heterocycles. The van der Waals surface area contributed by atoms with Crippen LogP contribution in [0.15, 0.2) is 6.07 Å². The summed E-state index contributed by atoms with van der Waals surface area (Å²) in [5.74, 6) is 0. The Morgan fingerprint density at radius 1 is 1.56 bits per heavy atom. The Morgan fingerprint density at radius 2 is 2.31 bits per heavy atom. The quantitative estimate of drug-likeness (QED) is 0.735. The average molecular weight is 221 g/mol. The molecule has 3 heteroatoms. The molecule has 1 fully saturated rings. The molecule has 3 nitrogen and oxygen atoms in total. The van der Waals surface area contributed by atoms with Gasteiger partial charge >= 0.3 is 0 Å². The lowest BCUT2D eigenvalue weighted by molar-refractivity contribution is 0.0721. The molecule has 0 amide bonds. The fourth-order valence-corrected chi connectivity index (χ4v) is 2.70. The van der Waals surface area contributed by atoms with Crippen molar-refractivity contribution in [2.24, 2.45) is 0 Å². The molecule has 0 aromatic carbocycles. The summed E-state index contributed by atoms with van der Waals surface area (Å²) < 4.78 is 7.93. The van der Waals surface area contributed by atoms with E-state index in [1.807, 2.05) is 19.9 Å². The van der Waals surface area contributed by atoms with Gasteiger partial charge in [0, 0.05) is 23.6 Å². The van der Waals surface area contributed by atoms with E-state index >= 15 is 0 Å². The summed E-state index contributed by atoms with van der Waals surface area (Å²) in [5, 5.41) is 0. The second-order valence-electron chi connectivity index (χ2n) is 4.61. The van der Waals surface area contributed by atoms with Gasteiger partial charge in [-0.2, -0.15) is 0 Å². The standard InChI is InChI=1S/C13H19NO2/c1-9-7-12(8-15)10(2)14(9)11(3)13-5-4-6-16-13/h7-8,11,13H,4-6H2,1-3H3. The van der Waals surface area contributed by atoms with Gasteiger partial charge in [-0.3, -0.25) is 4.79 Å². The number of aryl methyl sites for hydroxylation is 1. The van der Waals surface area contributed by atoms with Crippen molar-refractivity contribution in [1.82, 2.24) is 4.57 Å². The second-order valence-corrected chi connectivity index (χ2v) is 4.61. The molecule has 2 unspecified atom stereocenters. The van der Waals surface area contributed by atoms with Crippen molar-refractivity contribution in [3.8, 4) is 0 Å². The molecule has 1 saturated heterocycles. The molecule has 0 saturated carbocycles. The van der Waals surface area contributed by atoms with Crippen molar-refractivity contribution in [3.63, 3.8) is 0 Å². The maximum absolute atomic E-state index is 10.9. The van der Waals surface area contributed by atoms with Gasteiger partial charge in [-0.1, -0.05) is 0 Å². The van der Waals surface area contributed by atoms with Crippen molar-refractivity contribution >= 4 is 6.29 Å². The Bertz CT molecular complexity index is 389. The van der Waals surface area contributed by atoms with Gasteiger partial charge in [-0.15, -0.1) is 0 Å². The van der Waals surface area contributed by atoms with Crippen LogP contribution in [0, 0.1) is 13.8 Å². The second kappa shape index (κ2) is 4.42. The molecule has 1 aliphatic rings. The lowest BCUT2D eigenvalue weighted by atomic mass is 10.1. The van der Waals surface area contributed by atoms with Crippen molar-refractivity contribution in [1.29, 1.82) is 0 Å². The third-order valence-corrected chi connectivity index (χ3v) is 3.56. The van der Waals surface area contributed by atoms with E-state index in [1.165, 1.54) is 0 Å². The number of ether oxygens (including phenoxy) is 1. The van der Waals surface area contributed by atoms with Crippen molar-refractivity contribution in [3.05, 3.63) is 23.0 Å². The van der Waals surface area contributed by atoms with E-state index in [-0.39, 0.29) is 0 Å². The van der Waals surface area contributed by atoms with E-state index in [2.05, 4.69) is 11.5 Å². The highest BCUT2D eigenvalue weighted by Crippen LogP contribution is 2.28. The SMILES string of the molecule is Cc1cc(C=O)c(C)n1C(C)C1CCCO1. The Kier molecular flexibility index (Phi) is 3.15. The number of hydrogen-bond acceptors (Lipinski definition) is 2. The molecule has 0 N–H and O–H groups in total. The number of aromatic nitrogens is 1. The Morgan fingerprint density at radius 3 is 2.81 bits per heavy atom. The fraction of sp³-hybridized carbons (Fsp3) is 0.615. The predicted octanol–water partition coefficient (Wildman–Crippen LogP) is 2.66. The minimum absolute atomic E-state index is 0.296.